The molecule has 0 saturated heterocycles. The standard InChI is InChI=1S/C17H17N3.C17H16N3.C5H12O2.2CH4.2Ir/c2*1-2-9-16-18-19-17(14-10-5-3-6-11-14)20(16)15-12-7-4-8-13-15;1-4(6)3-5(2)7;;;;/h3-8,10-13H,2,9H2,1H3;3-8,10,12-13H,2,9H2,1H3;4-7H,3H2,1-2H3;2*1H4;;/q;-1;;;;;. The Kier molecular flexibility index (Phi) is 23.6. The SMILES string of the molecule is C.C.CC(O)CC(C)O.CCCc1nnc(-c2[c-]cccc2)n1-c1ccccc1.CCCc1nnc(-c2ccccc2)n1-c1ccccc1.[Ir].[Ir]. The minimum atomic E-state index is -0.375. The van der Waals surface area contributed by atoms with Gasteiger partial charge in [0.15, 0.2) is 5.82 Å². The summed E-state index contributed by atoms with van der Waals surface area (Å²) in [4.78, 5) is 0. The smallest absolute Gasteiger partial charge is 0.168 e. The summed E-state index contributed by atoms with van der Waals surface area (Å²) >= 11 is 0. The van der Waals surface area contributed by atoms with Crippen molar-refractivity contribution < 1.29 is 50.4 Å². The maximum atomic E-state index is 8.56. The third kappa shape index (κ3) is 14.1. The average molecular weight is 1050 g/mol. The van der Waals surface area contributed by atoms with E-state index in [0.29, 0.717) is 6.42 Å². The molecule has 8 nitrogen and oxygen atoms in total. The van der Waals surface area contributed by atoms with Gasteiger partial charge in [-0.15, -0.1) is 51.2 Å². The van der Waals surface area contributed by atoms with Gasteiger partial charge in [-0.25, -0.2) is 0 Å². The molecule has 2 heterocycles. The zero-order chi connectivity index (χ0) is 33.4. The van der Waals surface area contributed by atoms with Crippen molar-refractivity contribution in [2.24, 2.45) is 0 Å². The topological polar surface area (TPSA) is 102 Å². The molecule has 0 fully saturated rings. The van der Waals surface area contributed by atoms with E-state index >= 15 is 0 Å². The van der Waals surface area contributed by atoms with Crippen molar-refractivity contribution in [3.05, 3.63) is 133 Å². The molecule has 0 bridgehead atoms. The van der Waals surface area contributed by atoms with E-state index in [1.807, 2.05) is 78.9 Å². The number of benzene rings is 4. The minimum Gasteiger partial charge on any atom is -0.393 e. The van der Waals surface area contributed by atoms with Crippen molar-refractivity contribution in [2.75, 3.05) is 0 Å². The van der Waals surface area contributed by atoms with Crippen LogP contribution in [0.4, 0.5) is 0 Å². The molecule has 6 aromatic rings. The fourth-order valence-corrected chi connectivity index (χ4v) is 5.08. The van der Waals surface area contributed by atoms with E-state index in [9.17, 15) is 0 Å². The Morgan fingerprint density at radius 2 is 0.980 bits per heavy atom. The Bertz CT molecular complexity index is 1600. The van der Waals surface area contributed by atoms with Crippen molar-refractivity contribution in [2.45, 2.75) is 86.9 Å². The Balaban J connectivity index is 0.000000778. The number of aliphatic hydroxyl groups excluding tert-OH is 2. The van der Waals surface area contributed by atoms with Crippen LogP contribution in [0, 0.1) is 6.07 Å². The molecule has 4 aromatic carbocycles. The van der Waals surface area contributed by atoms with Crippen LogP contribution in [0.3, 0.4) is 0 Å². The second-order valence-electron chi connectivity index (χ2n) is 11.3. The Hall–Kier alpha value is -3.62. The molecule has 2 N–H and O–H groups in total. The molecule has 0 spiro atoms. The van der Waals surface area contributed by atoms with Crippen LogP contribution in [0.15, 0.2) is 115 Å². The maximum absolute atomic E-state index is 8.56. The van der Waals surface area contributed by atoms with Gasteiger partial charge in [-0.05, 0) is 57.4 Å². The van der Waals surface area contributed by atoms with Crippen molar-refractivity contribution >= 4 is 0 Å². The molecule has 0 aliphatic carbocycles. The summed E-state index contributed by atoms with van der Waals surface area (Å²) in [6, 6.07) is 41.8. The molecular weight excluding hydrogens is 993 g/mol. The molecule has 0 aliphatic heterocycles. The molecule has 278 valence electrons. The molecule has 0 aliphatic rings. The van der Waals surface area contributed by atoms with E-state index < -0.39 is 0 Å². The van der Waals surface area contributed by atoms with Gasteiger partial charge in [-0.1, -0.05) is 95.4 Å². The number of hydrogen-bond acceptors (Lipinski definition) is 6. The molecule has 0 saturated carbocycles. The molecule has 51 heavy (non-hydrogen) atoms. The van der Waals surface area contributed by atoms with Gasteiger partial charge in [0.25, 0.3) is 0 Å². The van der Waals surface area contributed by atoms with Gasteiger partial charge in [-0.2, -0.15) is 5.10 Å². The normalized spacial score (nSPS) is 10.9. The molecule has 2 radical (unpaired) electrons. The van der Waals surface area contributed by atoms with E-state index in [0.717, 1.165) is 71.5 Å². The predicted octanol–water partition coefficient (Wildman–Crippen LogP) is 8.98. The number of para-hydroxylation sites is 2. The van der Waals surface area contributed by atoms with E-state index in [1.54, 1.807) is 13.8 Å². The zero-order valence-corrected chi connectivity index (χ0v) is 33.2. The van der Waals surface area contributed by atoms with Crippen LogP contribution in [0.1, 0.15) is 73.5 Å². The maximum Gasteiger partial charge on any atom is 0.168 e. The second-order valence-corrected chi connectivity index (χ2v) is 11.3. The van der Waals surface area contributed by atoms with Crippen LogP contribution in [0.5, 0.6) is 0 Å². The number of nitrogens with zero attached hydrogens (tertiary/aromatic N) is 6. The van der Waals surface area contributed by atoms with Crippen LogP contribution in [-0.4, -0.2) is 51.9 Å². The van der Waals surface area contributed by atoms with Crippen LogP contribution in [0.25, 0.3) is 34.2 Å². The van der Waals surface area contributed by atoms with Crippen LogP contribution < -0.4 is 0 Å². The molecule has 10 heteroatoms. The monoisotopic (exact) mass is 1050 g/mol. The number of hydrogen-bond donors (Lipinski definition) is 2. The molecule has 2 aromatic heterocycles. The first-order valence-electron chi connectivity index (χ1n) is 16.3. The number of aryl methyl sites for hydroxylation is 2. The molecule has 2 atom stereocenters. The quantitative estimate of drug-likeness (QED) is 0.133. The first-order valence-corrected chi connectivity index (χ1v) is 16.3. The fraction of sp³-hybridized carbons (Fsp3) is 0.317. The van der Waals surface area contributed by atoms with Crippen molar-refractivity contribution in [3.63, 3.8) is 0 Å². The zero-order valence-electron chi connectivity index (χ0n) is 28.4. The summed E-state index contributed by atoms with van der Waals surface area (Å²) in [5.41, 5.74) is 4.26. The van der Waals surface area contributed by atoms with E-state index in [4.69, 9.17) is 10.2 Å². The summed E-state index contributed by atoms with van der Waals surface area (Å²) in [5.74, 6) is 3.75. The third-order valence-electron chi connectivity index (χ3n) is 7.10. The van der Waals surface area contributed by atoms with Gasteiger partial charge in [0.1, 0.15) is 11.6 Å². The number of rotatable bonds is 10. The molecule has 2 unspecified atom stereocenters. The predicted molar refractivity (Wildman–Crippen MR) is 202 cm³/mol. The largest absolute Gasteiger partial charge is 0.393 e. The van der Waals surface area contributed by atoms with E-state index in [1.165, 1.54) is 0 Å². The molecular formula is C41H53Ir2N6O2-. The summed E-state index contributed by atoms with van der Waals surface area (Å²) in [6.07, 6.45) is 3.66. The van der Waals surface area contributed by atoms with Crippen molar-refractivity contribution in [1.82, 2.24) is 29.5 Å². The van der Waals surface area contributed by atoms with Gasteiger partial charge in [0.05, 0.1) is 18.0 Å². The molecule has 0 amide bonds. The number of aliphatic hydroxyl groups is 2. The van der Waals surface area contributed by atoms with Gasteiger partial charge in [-0.3, -0.25) is 4.57 Å². The first-order chi connectivity index (χ1) is 22.9. The minimum absolute atomic E-state index is 0. The Morgan fingerprint density at radius 3 is 1.37 bits per heavy atom. The van der Waals surface area contributed by atoms with Gasteiger partial charge < -0.3 is 14.8 Å². The summed E-state index contributed by atoms with van der Waals surface area (Å²) in [7, 11) is 0. The third-order valence-corrected chi connectivity index (χ3v) is 7.10. The Labute approximate surface area is 332 Å². The average Bonchev–Trinajstić information content (AvgIpc) is 3.71. The fourth-order valence-electron chi connectivity index (χ4n) is 5.08. The van der Waals surface area contributed by atoms with Crippen molar-refractivity contribution in [3.8, 4) is 34.2 Å². The Morgan fingerprint density at radius 1 is 0.569 bits per heavy atom. The summed E-state index contributed by atoms with van der Waals surface area (Å²) in [5, 5.41) is 34.6. The van der Waals surface area contributed by atoms with Gasteiger partial charge >= 0.3 is 0 Å². The van der Waals surface area contributed by atoms with Crippen LogP contribution >= 0.6 is 0 Å². The second kappa shape index (κ2) is 25.4. The summed E-state index contributed by atoms with van der Waals surface area (Å²) in [6.45, 7) is 7.63. The molecule has 6 rings (SSSR count). The van der Waals surface area contributed by atoms with Crippen molar-refractivity contribution in [1.29, 1.82) is 0 Å². The van der Waals surface area contributed by atoms with Gasteiger partial charge in [0.2, 0.25) is 0 Å². The van der Waals surface area contributed by atoms with Gasteiger partial charge in [0, 0.05) is 70.0 Å². The summed E-state index contributed by atoms with van der Waals surface area (Å²) < 4.78 is 4.27. The van der Waals surface area contributed by atoms with Crippen LogP contribution in [-0.2, 0) is 53.1 Å². The van der Waals surface area contributed by atoms with E-state index in [-0.39, 0.29) is 67.3 Å². The van der Waals surface area contributed by atoms with Crippen LogP contribution in [0.2, 0.25) is 0 Å². The first kappa shape index (κ1) is 47.4. The van der Waals surface area contributed by atoms with E-state index in [2.05, 4.69) is 85.8 Å². The number of aromatic nitrogens is 6.